The van der Waals surface area contributed by atoms with Crippen LogP contribution in [0.2, 0.25) is 0 Å². The molecule has 0 radical (unpaired) electrons. The Balaban J connectivity index is 2.18. The number of benzene rings is 2. The van der Waals surface area contributed by atoms with E-state index < -0.39 is 23.6 Å². The highest BCUT2D eigenvalue weighted by Crippen LogP contribution is 2.41. The van der Waals surface area contributed by atoms with Gasteiger partial charge in [-0.05, 0) is 36.2 Å². The third kappa shape index (κ3) is 4.59. The maximum atomic E-state index is 13.5. The Bertz CT molecular complexity index is 1030. The van der Waals surface area contributed by atoms with Crippen LogP contribution in [0.25, 0.3) is 11.1 Å². The number of nitrogens with zero attached hydrogens (tertiary/aromatic N) is 1. The summed E-state index contributed by atoms with van der Waals surface area (Å²) in [5.74, 6) is -1.28. The zero-order valence-electron chi connectivity index (χ0n) is 15.7. The summed E-state index contributed by atoms with van der Waals surface area (Å²) in [6.07, 6.45) is -3.12. The molecule has 1 atom stereocenters. The van der Waals surface area contributed by atoms with Crippen molar-refractivity contribution in [1.29, 1.82) is 0 Å². The van der Waals surface area contributed by atoms with Crippen LogP contribution in [0.4, 0.5) is 13.2 Å². The van der Waals surface area contributed by atoms with Gasteiger partial charge in [0, 0.05) is 16.6 Å². The Morgan fingerprint density at radius 1 is 1.24 bits per heavy atom. The van der Waals surface area contributed by atoms with E-state index in [9.17, 15) is 23.1 Å². The van der Waals surface area contributed by atoms with Crippen molar-refractivity contribution in [3.63, 3.8) is 0 Å². The summed E-state index contributed by atoms with van der Waals surface area (Å²) in [7, 11) is 1.44. The van der Waals surface area contributed by atoms with Crippen LogP contribution >= 0.6 is 11.3 Å². The van der Waals surface area contributed by atoms with Crippen LogP contribution < -0.4 is 4.74 Å². The molecule has 4 nitrogen and oxygen atoms in total. The largest absolute Gasteiger partial charge is 0.496 e. The molecule has 1 aromatic heterocycles. The summed E-state index contributed by atoms with van der Waals surface area (Å²) in [4.78, 5) is 16.7. The van der Waals surface area contributed by atoms with Gasteiger partial charge in [-0.2, -0.15) is 13.2 Å². The Hall–Kier alpha value is -2.87. The average Bonchev–Trinajstić information content (AvgIpc) is 3.11. The van der Waals surface area contributed by atoms with Crippen molar-refractivity contribution < 1.29 is 27.8 Å². The van der Waals surface area contributed by atoms with Gasteiger partial charge in [0.05, 0.1) is 25.0 Å². The fourth-order valence-corrected chi connectivity index (χ4v) is 4.09. The summed E-state index contributed by atoms with van der Waals surface area (Å²) >= 11 is 1.35. The predicted molar refractivity (Wildman–Crippen MR) is 104 cm³/mol. The van der Waals surface area contributed by atoms with Crippen molar-refractivity contribution in [1.82, 2.24) is 4.98 Å². The number of aryl methyl sites for hydroxylation is 1. The highest BCUT2D eigenvalue weighted by Gasteiger charge is 2.33. The molecule has 152 valence electrons. The number of aliphatic carboxylic acids is 1. The minimum Gasteiger partial charge on any atom is -0.496 e. The number of ether oxygens (including phenoxy) is 1. The number of methoxy groups -OCH3 is 1. The van der Waals surface area contributed by atoms with Gasteiger partial charge in [-0.25, -0.2) is 4.98 Å². The molecule has 1 unspecified atom stereocenters. The first-order chi connectivity index (χ1) is 13.7. The fourth-order valence-electron chi connectivity index (χ4n) is 3.19. The van der Waals surface area contributed by atoms with E-state index in [4.69, 9.17) is 4.74 Å². The highest BCUT2D eigenvalue weighted by molar-refractivity contribution is 7.11. The van der Waals surface area contributed by atoms with Crippen molar-refractivity contribution in [2.24, 2.45) is 0 Å². The van der Waals surface area contributed by atoms with Gasteiger partial charge >= 0.3 is 12.1 Å². The first-order valence-electron chi connectivity index (χ1n) is 8.69. The first kappa shape index (κ1) is 20.9. The number of carboxylic acid groups (broad SMARTS) is 1. The molecule has 0 aliphatic heterocycles. The van der Waals surface area contributed by atoms with Crippen LogP contribution in [0.5, 0.6) is 5.75 Å². The summed E-state index contributed by atoms with van der Waals surface area (Å²) in [5, 5.41) is 9.97. The molecule has 0 amide bonds. The molecular formula is C21H18F3NO3S. The van der Waals surface area contributed by atoms with Crippen LogP contribution in [-0.4, -0.2) is 23.2 Å². The SMILES string of the molecule is COc1ccc(-c2ccccc2C(F)(F)F)cc1C(CC(=O)O)c1ncc(C)s1. The summed E-state index contributed by atoms with van der Waals surface area (Å²) in [6, 6.07) is 9.96. The van der Waals surface area contributed by atoms with E-state index >= 15 is 0 Å². The molecule has 3 aromatic rings. The monoisotopic (exact) mass is 421 g/mol. The number of rotatable bonds is 6. The molecule has 0 aliphatic carbocycles. The number of carboxylic acids is 1. The molecule has 8 heteroatoms. The Morgan fingerprint density at radius 2 is 1.97 bits per heavy atom. The number of carbonyl (C=O) groups is 1. The minimum absolute atomic E-state index is 0.0216. The van der Waals surface area contributed by atoms with Crippen molar-refractivity contribution in [2.45, 2.75) is 25.4 Å². The average molecular weight is 421 g/mol. The van der Waals surface area contributed by atoms with E-state index in [-0.39, 0.29) is 12.0 Å². The number of halogens is 3. The van der Waals surface area contributed by atoms with Gasteiger partial charge in [0.1, 0.15) is 10.8 Å². The Kier molecular flexibility index (Phi) is 5.93. The lowest BCUT2D eigenvalue weighted by Gasteiger charge is -2.19. The lowest BCUT2D eigenvalue weighted by Crippen LogP contribution is -2.10. The molecule has 0 saturated heterocycles. The molecular weight excluding hydrogens is 403 g/mol. The molecule has 2 aromatic carbocycles. The van der Waals surface area contributed by atoms with E-state index in [1.807, 2.05) is 6.92 Å². The minimum atomic E-state index is -4.51. The van der Waals surface area contributed by atoms with Gasteiger partial charge < -0.3 is 9.84 Å². The number of alkyl halides is 3. The van der Waals surface area contributed by atoms with Crippen molar-refractivity contribution in [2.75, 3.05) is 7.11 Å². The lowest BCUT2D eigenvalue weighted by atomic mass is 9.90. The van der Waals surface area contributed by atoms with E-state index in [1.165, 1.54) is 42.7 Å². The number of aromatic nitrogens is 1. The van der Waals surface area contributed by atoms with E-state index in [1.54, 1.807) is 18.3 Å². The maximum absolute atomic E-state index is 13.5. The molecule has 1 heterocycles. The molecule has 0 saturated carbocycles. The van der Waals surface area contributed by atoms with Crippen molar-refractivity contribution in [3.8, 4) is 16.9 Å². The molecule has 29 heavy (non-hydrogen) atoms. The van der Waals surface area contributed by atoms with Gasteiger partial charge in [-0.15, -0.1) is 11.3 Å². The van der Waals surface area contributed by atoms with Crippen LogP contribution in [0.1, 0.15) is 33.4 Å². The van der Waals surface area contributed by atoms with Crippen LogP contribution in [-0.2, 0) is 11.0 Å². The lowest BCUT2D eigenvalue weighted by molar-refractivity contribution is -0.138. The van der Waals surface area contributed by atoms with Gasteiger partial charge in [0.2, 0.25) is 0 Å². The second kappa shape index (κ2) is 8.24. The topological polar surface area (TPSA) is 59.4 Å². The summed E-state index contributed by atoms with van der Waals surface area (Å²) in [5.41, 5.74) is 0.0837. The van der Waals surface area contributed by atoms with E-state index in [2.05, 4.69) is 4.98 Å². The molecule has 3 rings (SSSR count). The smallest absolute Gasteiger partial charge is 0.417 e. The Morgan fingerprint density at radius 3 is 2.55 bits per heavy atom. The number of thiazole rings is 1. The van der Waals surface area contributed by atoms with Gasteiger partial charge in [0.25, 0.3) is 0 Å². The molecule has 0 bridgehead atoms. The van der Waals surface area contributed by atoms with Crippen LogP contribution in [0.15, 0.2) is 48.7 Å². The Labute approximate surface area is 169 Å². The second-order valence-corrected chi connectivity index (χ2v) is 7.73. The van der Waals surface area contributed by atoms with Crippen LogP contribution in [0, 0.1) is 6.92 Å². The van der Waals surface area contributed by atoms with Crippen molar-refractivity contribution in [3.05, 3.63) is 69.7 Å². The molecule has 0 aliphatic rings. The van der Waals surface area contributed by atoms with Gasteiger partial charge in [-0.3, -0.25) is 4.79 Å². The standard InChI is InChI=1S/C21H18F3NO3S/c1-12-11-25-20(29-12)16(10-19(26)27)15-9-13(7-8-18(15)28-2)14-5-3-4-6-17(14)21(22,23)24/h3-9,11,16H,10H2,1-2H3,(H,26,27). The quantitative estimate of drug-likeness (QED) is 0.550. The van der Waals surface area contributed by atoms with Crippen molar-refractivity contribution >= 4 is 17.3 Å². The second-order valence-electron chi connectivity index (χ2n) is 6.46. The van der Waals surface area contributed by atoms with E-state index in [0.29, 0.717) is 21.9 Å². The normalized spacial score (nSPS) is 12.6. The third-order valence-corrected chi connectivity index (χ3v) is 5.49. The van der Waals surface area contributed by atoms with Crippen LogP contribution in [0.3, 0.4) is 0 Å². The third-order valence-electron chi connectivity index (χ3n) is 4.46. The highest BCUT2D eigenvalue weighted by atomic mass is 32.1. The predicted octanol–water partition coefficient (Wildman–Crippen LogP) is 5.75. The molecule has 0 fully saturated rings. The van der Waals surface area contributed by atoms with E-state index in [0.717, 1.165) is 10.9 Å². The zero-order chi connectivity index (χ0) is 21.2. The molecule has 0 spiro atoms. The van der Waals surface area contributed by atoms with Gasteiger partial charge in [-0.1, -0.05) is 24.3 Å². The van der Waals surface area contributed by atoms with Gasteiger partial charge in [0.15, 0.2) is 0 Å². The number of hydrogen-bond acceptors (Lipinski definition) is 4. The first-order valence-corrected chi connectivity index (χ1v) is 9.51. The number of hydrogen-bond donors (Lipinski definition) is 1. The summed E-state index contributed by atoms with van der Waals surface area (Å²) < 4.78 is 45.8. The molecule has 1 N–H and O–H groups in total. The zero-order valence-corrected chi connectivity index (χ0v) is 16.5. The maximum Gasteiger partial charge on any atom is 0.417 e. The fraction of sp³-hybridized carbons (Fsp3) is 0.238. The summed E-state index contributed by atoms with van der Waals surface area (Å²) in [6.45, 7) is 1.85.